The van der Waals surface area contributed by atoms with Gasteiger partial charge in [-0.3, -0.25) is 0 Å². The first-order chi connectivity index (χ1) is 7.42. The highest BCUT2D eigenvalue weighted by atomic mass is 15.1. The average molecular weight is 220 g/mol. The van der Waals surface area contributed by atoms with Crippen LogP contribution in [0.4, 0.5) is 5.69 Å². The van der Waals surface area contributed by atoms with E-state index in [1.165, 1.54) is 5.69 Å². The molecule has 0 aliphatic carbocycles. The summed E-state index contributed by atoms with van der Waals surface area (Å²) in [5.74, 6) is 0. The van der Waals surface area contributed by atoms with Crippen LogP contribution < -0.4 is 5.32 Å². The minimum Gasteiger partial charge on any atom is -0.383 e. The molecule has 2 nitrogen and oxygen atoms in total. The summed E-state index contributed by atoms with van der Waals surface area (Å²) in [4.78, 5) is 2.27. The highest BCUT2D eigenvalue weighted by Gasteiger charge is 2.22. The number of rotatable bonds is 5. The van der Waals surface area contributed by atoms with Crippen molar-refractivity contribution in [3.05, 3.63) is 30.3 Å². The van der Waals surface area contributed by atoms with Gasteiger partial charge < -0.3 is 10.2 Å². The highest BCUT2D eigenvalue weighted by molar-refractivity contribution is 5.43. The first-order valence-corrected chi connectivity index (χ1v) is 5.91. The standard InChI is InChI=1S/C14H24N2/c1-12(11-14(2,3)16(4)5)15-13-9-7-6-8-10-13/h6-10,12,15H,11H2,1-5H3. The third-order valence-electron chi connectivity index (χ3n) is 3.20. The van der Waals surface area contributed by atoms with Gasteiger partial charge in [0.15, 0.2) is 0 Å². The van der Waals surface area contributed by atoms with Gasteiger partial charge >= 0.3 is 0 Å². The summed E-state index contributed by atoms with van der Waals surface area (Å²) in [7, 11) is 4.27. The SMILES string of the molecule is CC(CC(C)(C)N(C)C)Nc1ccccc1. The number of hydrogen-bond acceptors (Lipinski definition) is 2. The fourth-order valence-corrected chi connectivity index (χ4v) is 1.80. The van der Waals surface area contributed by atoms with E-state index in [0.717, 1.165) is 6.42 Å². The molecule has 1 N–H and O–H groups in total. The Bertz CT molecular complexity index is 304. The van der Waals surface area contributed by atoms with Crippen LogP contribution in [0, 0.1) is 0 Å². The van der Waals surface area contributed by atoms with E-state index in [4.69, 9.17) is 0 Å². The smallest absolute Gasteiger partial charge is 0.0342 e. The number of anilines is 1. The zero-order valence-corrected chi connectivity index (χ0v) is 11.1. The van der Waals surface area contributed by atoms with Crippen LogP contribution in [0.3, 0.4) is 0 Å². The van der Waals surface area contributed by atoms with E-state index in [9.17, 15) is 0 Å². The Morgan fingerprint density at radius 3 is 2.25 bits per heavy atom. The monoisotopic (exact) mass is 220 g/mol. The first kappa shape index (κ1) is 13.0. The number of para-hydroxylation sites is 1. The van der Waals surface area contributed by atoms with Gasteiger partial charge in [0.25, 0.3) is 0 Å². The Balaban J connectivity index is 2.51. The van der Waals surface area contributed by atoms with E-state index < -0.39 is 0 Å². The Hall–Kier alpha value is -1.02. The predicted octanol–water partition coefficient (Wildman–Crippen LogP) is 3.22. The van der Waals surface area contributed by atoms with Crippen molar-refractivity contribution in [3.8, 4) is 0 Å². The summed E-state index contributed by atoms with van der Waals surface area (Å²) in [6, 6.07) is 10.9. The van der Waals surface area contributed by atoms with Crippen LogP contribution in [0.2, 0.25) is 0 Å². The van der Waals surface area contributed by atoms with E-state index in [2.05, 4.69) is 69.3 Å². The van der Waals surface area contributed by atoms with Crippen LogP contribution in [0.5, 0.6) is 0 Å². The molecule has 0 radical (unpaired) electrons. The fraction of sp³-hybridized carbons (Fsp3) is 0.571. The molecule has 0 fully saturated rings. The van der Waals surface area contributed by atoms with Gasteiger partial charge in [0, 0.05) is 17.3 Å². The molecule has 16 heavy (non-hydrogen) atoms. The zero-order valence-electron chi connectivity index (χ0n) is 11.1. The molecular weight excluding hydrogens is 196 g/mol. The molecule has 0 bridgehead atoms. The van der Waals surface area contributed by atoms with E-state index in [0.29, 0.717) is 6.04 Å². The van der Waals surface area contributed by atoms with Crippen LogP contribution in [0.15, 0.2) is 30.3 Å². The second-order valence-electron chi connectivity index (χ2n) is 5.32. The molecule has 90 valence electrons. The molecule has 2 heteroatoms. The summed E-state index contributed by atoms with van der Waals surface area (Å²) >= 11 is 0. The Kier molecular flexibility index (Phi) is 4.36. The van der Waals surface area contributed by atoms with Crippen LogP contribution in [0.25, 0.3) is 0 Å². The molecule has 1 atom stereocenters. The second-order valence-corrected chi connectivity index (χ2v) is 5.32. The lowest BCUT2D eigenvalue weighted by Gasteiger charge is -2.35. The normalized spacial score (nSPS) is 13.9. The van der Waals surface area contributed by atoms with Gasteiger partial charge in [-0.2, -0.15) is 0 Å². The lowest BCUT2D eigenvalue weighted by Crippen LogP contribution is -2.42. The van der Waals surface area contributed by atoms with Crippen LogP contribution in [-0.2, 0) is 0 Å². The molecule has 1 unspecified atom stereocenters. The second kappa shape index (κ2) is 5.35. The number of benzene rings is 1. The van der Waals surface area contributed by atoms with Crippen molar-refractivity contribution in [2.75, 3.05) is 19.4 Å². The number of nitrogens with one attached hydrogen (secondary N) is 1. The molecule has 0 aliphatic heterocycles. The maximum Gasteiger partial charge on any atom is 0.0342 e. The van der Waals surface area contributed by atoms with Crippen molar-refractivity contribution in [1.82, 2.24) is 4.90 Å². The van der Waals surface area contributed by atoms with Crippen molar-refractivity contribution < 1.29 is 0 Å². The largest absolute Gasteiger partial charge is 0.383 e. The van der Waals surface area contributed by atoms with Crippen LogP contribution in [-0.4, -0.2) is 30.6 Å². The summed E-state index contributed by atoms with van der Waals surface area (Å²) in [6.07, 6.45) is 1.12. The lowest BCUT2D eigenvalue weighted by molar-refractivity contribution is 0.176. The molecule has 0 aliphatic rings. The molecule has 0 saturated heterocycles. The Morgan fingerprint density at radius 2 is 1.75 bits per heavy atom. The van der Waals surface area contributed by atoms with Gasteiger partial charge in [-0.05, 0) is 53.4 Å². The van der Waals surface area contributed by atoms with Crippen LogP contribution >= 0.6 is 0 Å². The van der Waals surface area contributed by atoms with Crippen molar-refractivity contribution in [1.29, 1.82) is 0 Å². The van der Waals surface area contributed by atoms with Gasteiger partial charge in [-0.25, -0.2) is 0 Å². The third kappa shape index (κ3) is 3.86. The third-order valence-corrected chi connectivity index (χ3v) is 3.20. The zero-order chi connectivity index (χ0) is 12.2. The molecule has 0 heterocycles. The highest BCUT2D eigenvalue weighted by Crippen LogP contribution is 2.19. The fourth-order valence-electron chi connectivity index (χ4n) is 1.80. The molecule has 0 spiro atoms. The van der Waals surface area contributed by atoms with E-state index in [-0.39, 0.29) is 5.54 Å². The summed E-state index contributed by atoms with van der Waals surface area (Å²) in [5, 5.41) is 3.53. The quantitative estimate of drug-likeness (QED) is 0.819. The van der Waals surface area contributed by atoms with Gasteiger partial charge in [0.2, 0.25) is 0 Å². The van der Waals surface area contributed by atoms with Crippen LogP contribution in [0.1, 0.15) is 27.2 Å². The molecule has 0 aromatic heterocycles. The van der Waals surface area contributed by atoms with Crippen molar-refractivity contribution >= 4 is 5.69 Å². The minimum absolute atomic E-state index is 0.223. The van der Waals surface area contributed by atoms with Crippen molar-refractivity contribution in [2.24, 2.45) is 0 Å². The van der Waals surface area contributed by atoms with Gasteiger partial charge in [0.05, 0.1) is 0 Å². The number of hydrogen-bond donors (Lipinski definition) is 1. The number of nitrogens with zero attached hydrogens (tertiary/aromatic N) is 1. The molecule has 0 saturated carbocycles. The summed E-state index contributed by atoms with van der Waals surface area (Å²) in [5.41, 5.74) is 1.42. The van der Waals surface area contributed by atoms with E-state index in [1.807, 2.05) is 6.07 Å². The van der Waals surface area contributed by atoms with Crippen molar-refractivity contribution in [3.63, 3.8) is 0 Å². The van der Waals surface area contributed by atoms with E-state index >= 15 is 0 Å². The first-order valence-electron chi connectivity index (χ1n) is 5.91. The molecule has 0 amide bonds. The van der Waals surface area contributed by atoms with E-state index in [1.54, 1.807) is 0 Å². The van der Waals surface area contributed by atoms with Gasteiger partial charge in [-0.1, -0.05) is 18.2 Å². The summed E-state index contributed by atoms with van der Waals surface area (Å²) < 4.78 is 0. The van der Waals surface area contributed by atoms with Crippen molar-refractivity contribution in [2.45, 2.75) is 38.8 Å². The Morgan fingerprint density at radius 1 is 1.19 bits per heavy atom. The molecular formula is C14H24N2. The van der Waals surface area contributed by atoms with Gasteiger partial charge in [-0.15, -0.1) is 0 Å². The minimum atomic E-state index is 0.223. The molecule has 1 aromatic rings. The maximum atomic E-state index is 3.53. The van der Waals surface area contributed by atoms with Gasteiger partial charge in [0.1, 0.15) is 0 Å². The molecule has 1 aromatic carbocycles. The summed E-state index contributed by atoms with van der Waals surface area (Å²) in [6.45, 7) is 6.78. The lowest BCUT2D eigenvalue weighted by atomic mass is 9.94. The predicted molar refractivity (Wildman–Crippen MR) is 71.9 cm³/mol. The average Bonchev–Trinajstić information content (AvgIpc) is 2.17. The maximum absolute atomic E-state index is 3.53. The topological polar surface area (TPSA) is 15.3 Å². The Labute approximate surface area is 99.7 Å². The molecule has 1 rings (SSSR count).